The number of aryl methyl sites for hydroxylation is 1. The number of hydrogen-bond acceptors (Lipinski definition) is 3. The Kier molecular flexibility index (Phi) is 5.18. The van der Waals surface area contributed by atoms with Crippen LogP contribution in [0.3, 0.4) is 0 Å². The van der Waals surface area contributed by atoms with Crippen LogP contribution >= 0.6 is 11.6 Å². The lowest BCUT2D eigenvalue weighted by Crippen LogP contribution is -2.27. The number of carbonyl (C=O) groups excluding carboxylic acids is 1. The fraction of sp³-hybridized carbons (Fsp3) is 0.136. The predicted octanol–water partition coefficient (Wildman–Crippen LogP) is 4.51. The summed E-state index contributed by atoms with van der Waals surface area (Å²) in [5, 5.41) is 7.75. The largest absolute Gasteiger partial charge is 0.345 e. The molecule has 2 aromatic heterocycles. The summed E-state index contributed by atoms with van der Waals surface area (Å²) in [4.78, 5) is 17.0. The van der Waals surface area contributed by atoms with Gasteiger partial charge in [-0.2, -0.15) is 5.10 Å². The molecule has 0 aliphatic heterocycles. The maximum absolute atomic E-state index is 12.9. The van der Waals surface area contributed by atoms with Crippen molar-refractivity contribution in [3.8, 4) is 11.4 Å². The zero-order valence-electron chi connectivity index (χ0n) is 16.1. The quantitative estimate of drug-likeness (QED) is 0.531. The number of aromatic nitrogens is 4. The summed E-state index contributed by atoms with van der Waals surface area (Å²) in [5.74, 6) is -0.249. The molecular weight excluding hydrogens is 386 g/mol. The van der Waals surface area contributed by atoms with E-state index >= 15 is 0 Å². The van der Waals surface area contributed by atoms with Gasteiger partial charge in [0.2, 0.25) is 0 Å². The Balaban J connectivity index is 1.53. The van der Waals surface area contributed by atoms with Gasteiger partial charge in [0.1, 0.15) is 5.15 Å². The number of hydrogen-bond donors (Lipinski definition) is 1. The Hall–Kier alpha value is -3.38. The van der Waals surface area contributed by atoms with Gasteiger partial charge >= 0.3 is 0 Å². The summed E-state index contributed by atoms with van der Waals surface area (Å²) in [6, 6.07) is 17.3. The van der Waals surface area contributed by atoms with Crippen LogP contribution in [0.2, 0.25) is 5.15 Å². The average molecular weight is 406 g/mol. The van der Waals surface area contributed by atoms with E-state index in [0.29, 0.717) is 16.4 Å². The monoisotopic (exact) mass is 405 g/mol. The first kappa shape index (κ1) is 19.0. The van der Waals surface area contributed by atoms with Gasteiger partial charge in [0.05, 0.1) is 29.3 Å². The molecule has 146 valence electrons. The van der Waals surface area contributed by atoms with Gasteiger partial charge in [0.25, 0.3) is 5.91 Å². The van der Waals surface area contributed by atoms with Crippen molar-refractivity contribution in [2.45, 2.75) is 19.9 Å². The predicted molar refractivity (Wildman–Crippen MR) is 113 cm³/mol. The molecule has 2 heterocycles. The smallest absolute Gasteiger partial charge is 0.256 e. The van der Waals surface area contributed by atoms with Crippen molar-refractivity contribution in [1.82, 2.24) is 24.6 Å². The number of rotatable bonds is 5. The summed E-state index contributed by atoms with van der Waals surface area (Å²) in [7, 11) is 0. The van der Waals surface area contributed by atoms with Crippen molar-refractivity contribution < 1.29 is 4.79 Å². The summed E-state index contributed by atoms with van der Waals surface area (Å²) in [6.07, 6.45) is 5.36. The molecule has 0 fully saturated rings. The summed E-state index contributed by atoms with van der Waals surface area (Å²) in [5.41, 5.74) is 3.78. The number of amides is 1. The molecule has 1 amide bonds. The molecule has 0 unspecified atom stereocenters. The van der Waals surface area contributed by atoms with Crippen LogP contribution in [0.5, 0.6) is 0 Å². The normalized spacial score (nSPS) is 12.0. The highest BCUT2D eigenvalue weighted by atomic mass is 35.5. The zero-order valence-corrected chi connectivity index (χ0v) is 16.8. The molecule has 0 aliphatic carbocycles. The third-order valence-electron chi connectivity index (χ3n) is 4.78. The van der Waals surface area contributed by atoms with Crippen LogP contribution in [-0.2, 0) is 0 Å². The van der Waals surface area contributed by atoms with Crippen molar-refractivity contribution in [3.63, 3.8) is 0 Å². The molecule has 0 spiro atoms. The second-order valence-electron chi connectivity index (χ2n) is 6.76. The molecule has 0 saturated carbocycles. The highest BCUT2D eigenvalue weighted by Crippen LogP contribution is 2.24. The lowest BCUT2D eigenvalue weighted by molar-refractivity contribution is 0.0939. The van der Waals surface area contributed by atoms with Crippen LogP contribution in [0.1, 0.15) is 34.6 Å². The Labute approximate surface area is 173 Å². The second-order valence-corrected chi connectivity index (χ2v) is 7.11. The van der Waals surface area contributed by atoms with E-state index in [-0.39, 0.29) is 11.9 Å². The molecule has 0 aliphatic rings. The van der Waals surface area contributed by atoms with Crippen LogP contribution in [0.4, 0.5) is 0 Å². The number of nitrogens with zero attached hydrogens (tertiary/aromatic N) is 4. The number of halogens is 1. The third kappa shape index (κ3) is 3.79. The molecule has 4 rings (SSSR count). The van der Waals surface area contributed by atoms with Gasteiger partial charge in [0, 0.05) is 18.1 Å². The fourth-order valence-corrected chi connectivity index (χ4v) is 3.55. The lowest BCUT2D eigenvalue weighted by atomic mass is 10.1. The lowest BCUT2D eigenvalue weighted by Gasteiger charge is -2.15. The molecule has 4 aromatic rings. The zero-order chi connectivity index (χ0) is 20.4. The number of carbonyl (C=O) groups is 1. The van der Waals surface area contributed by atoms with E-state index in [1.807, 2.05) is 72.3 Å². The molecule has 2 aromatic carbocycles. The molecule has 0 saturated heterocycles. The Morgan fingerprint density at radius 2 is 1.79 bits per heavy atom. The summed E-state index contributed by atoms with van der Waals surface area (Å²) >= 11 is 6.50. The summed E-state index contributed by atoms with van der Waals surface area (Å²) < 4.78 is 3.50. The number of nitrogens with one attached hydrogen (secondary N) is 1. The van der Waals surface area contributed by atoms with E-state index in [0.717, 1.165) is 16.9 Å². The second kappa shape index (κ2) is 7.93. The van der Waals surface area contributed by atoms with Crippen molar-refractivity contribution in [1.29, 1.82) is 0 Å². The van der Waals surface area contributed by atoms with E-state index in [1.54, 1.807) is 24.1 Å². The van der Waals surface area contributed by atoms with Crippen LogP contribution in [0, 0.1) is 6.92 Å². The van der Waals surface area contributed by atoms with E-state index in [4.69, 9.17) is 11.6 Å². The molecular formula is C22H20ClN5O. The van der Waals surface area contributed by atoms with Crippen molar-refractivity contribution in [3.05, 3.63) is 95.3 Å². The molecule has 0 bridgehead atoms. The van der Waals surface area contributed by atoms with E-state index in [9.17, 15) is 4.79 Å². The van der Waals surface area contributed by atoms with Crippen LogP contribution in [0.15, 0.2) is 73.3 Å². The SMILES string of the molecule is Cc1nn(-c2ccccc2)c(Cl)c1C(=O)N[C@H](C)c1ccc(-n2ccnc2)cc1. The van der Waals surface area contributed by atoms with Crippen LogP contribution < -0.4 is 5.32 Å². The molecule has 7 heteroatoms. The summed E-state index contributed by atoms with van der Waals surface area (Å²) in [6.45, 7) is 3.72. The third-order valence-corrected chi connectivity index (χ3v) is 5.12. The fourth-order valence-electron chi connectivity index (χ4n) is 3.20. The Bertz CT molecular complexity index is 1120. The minimum atomic E-state index is -0.249. The number of para-hydroxylation sites is 1. The Morgan fingerprint density at radius 3 is 2.45 bits per heavy atom. The van der Waals surface area contributed by atoms with Gasteiger partial charge in [-0.3, -0.25) is 4.79 Å². The Morgan fingerprint density at radius 1 is 1.07 bits per heavy atom. The standard InChI is InChI=1S/C22H20ClN5O/c1-15(17-8-10-18(11-9-17)27-13-12-24-14-27)25-22(29)20-16(2)26-28(21(20)23)19-6-4-3-5-7-19/h3-15H,1-2H3,(H,25,29)/t15-/m1/s1. The average Bonchev–Trinajstić information content (AvgIpc) is 3.37. The highest BCUT2D eigenvalue weighted by Gasteiger charge is 2.22. The van der Waals surface area contributed by atoms with Gasteiger partial charge in [-0.05, 0) is 43.7 Å². The molecule has 1 atom stereocenters. The van der Waals surface area contributed by atoms with Crippen LogP contribution in [0.25, 0.3) is 11.4 Å². The number of imidazole rings is 1. The van der Waals surface area contributed by atoms with Crippen LogP contribution in [-0.4, -0.2) is 25.2 Å². The molecule has 29 heavy (non-hydrogen) atoms. The van der Waals surface area contributed by atoms with Gasteiger partial charge < -0.3 is 9.88 Å². The van der Waals surface area contributed by atoms with E-state index < -0.39 is 0 Å². The van der Waals surface area contributed by atoms with Gasteiger partial charge in [-0.25, -0.2) is 9.67 Å². The topological polar surface area (TPSA) is 64.7 Å². The van der Waals surface area contributed by atoms with Gasteiger partial charge in [-0.1, -0.05) is 41.9 Å². The minimum Gasteiger partial charge on any atom is -0.345 e. The molecule has 0 radical (unpaired) electrons. The van der Waals surface area contributed by atoms with Crippen molar-refractivity contribution in [2.75, 3.05) is 0 Å². The maximum atomic E-state index is 12.9. The maximum Gasteiger partial charge on any atom is 0.256 e. The van der Waals surface area contributed by atoms with Gasteiger partial charge in [0.15, 0.2) is 0 Å². The minimum absolute atomic E-state index is 0.185. The van der Waals surface area contributed by atoms with Crippen molar-refractivity contribution >= 4 is 17.5 Å². The van der Waals surface area contributed by atoms with E-state index in [2.05, 4.69) is 15.4 Å². The van der Waals surface area contributed by atoms with Gasteiger partial charge in [-0.15, -0.1) is 0 Å². The molecule has 1 N–H and O–H groups in total. The first-order valence-corrected chi connectivity index (χ1v) is 9.62. The van der Waals surface area contributed by atoms with E-state index in [1.165, 1.54) is 0 Å². The highest BCUT2D eigenvalue weighted by molar-refractivity contribution is 6.33. The van der Waals surface area contributed by atoms with Crippen molar-refractivity contribution in [2.24, 2.45) is 0 Å². The first-order chi connectivity index (χ1) is 14.0. The number of benzene rings is 2. The first-order valence-electron chi connectivity index (χ1n) is 9.24. The molecule has 6 nitrogen and oxygen atoms in total.